The number of hydrogen-bond donors (Lipinski definition) is 0. The minimum Gasteiger partial charge on any atom is -0.462 e. The summed E-state index contributed by atoms with van der Waals surface area (Å²) in [4.78, 5) is 15.4. The van der Waals surface area contributed by atoms with Crippen LogP contribution in [0.1, 0.15) is 31.2 Å². The molecule has 1 heterocycles. The molecule has 0 atom stereocenters. The molecule has 0 N–H and O–H groups in total. The molecule has 1 aromatic rings. The lowest BCUT2D eigenvalue weighted by molar-refractivity contribution is -0.152. The van der Waals surface area contributed by atoms with Gasteiger partial charge in [-0.25, -0.2) is 0 Å². The van der Waals surface area contributed by atoms with Crippen molar-refractivity contribution in [3.63, 3.8) is 0 Å². The molecule has 1 saturated carbocycles. The van der Waals surface area contributed by atoms with Gasteiger partial charge in [-0.15, -0.1) is 0 Å². The largest absolute Gasteiger partial charge is 0.462 e. The highest BCUT2D eigenvalue weighted by atomic mass is 16.5. The van der Waals surface area contributed by atoms with Crippen molar-refractivity contribution in [2.24, 2.45) is 0 Å². The fraction of sp³-hybridized carbons (Fsp3) is 0.500. The van der Waals surface area contributed by atoms with E-state index in [1.165, 1.54) is 6.42 Å². The van der Waals surface area contributed by atoms with E-state index in [-0.39, 0.29) is 12.1 Å². The van der Waals surface area contributed by atoms with Crippen LogP contribution in [0.25, 0.3) is 0 Å². The monoisotopic (exact) mass is 205 g/mol. The summed E-state index contributed by atoms with van der Waals surface area (Å²) in [5.74, 6) is -0.0800. The van der Waals surface area contributed by atoms with Crippen molar-refractivity contribution in [1.29, 1.82) is 0 Å². The number of carbonyl (C=O) groups is 1. The van der Waals surface area contributed by atoms with Gasteiger partial charge in [-0.3, -0.25) is 9.78 Å². The fourth-order valence-corrected chi connectivity index (χ4v) is 1.53. The van der Waals surface area contributed by atoms with Crippen LogP contribution in [0.3, 0.4) is 0 Å². The normalized spacial score (nSPS) is 15.7. The molecular weight excluding hydrogens is 190 g/mol. The van der Waals surface area contributed by atoms with E-state index in [2.05, 4.69) is 4.98 Å². The summed E-state index contributed by atoms with van der Waals surface area (Å²) in [6.45, 7) is 0. The van der Waals surface area contributed by atoms with Gasteiger partial charge in [0.2, 0.25) is 0 Å². The average molecular weight is 205 g/mol. The lowest BCUT2D eigenvalue weighted by atomic mass is 9.96. The molecule has 0 saturated heterocycles. The Labute approximate surface area is 89.5 Å². The maximum atomic E-state index is 11.4. The predicted octanol–water partition coefficient (Wildman–Crippen LogP) is 2.11. The SMILES string of the molecule is O=C(CCc1cccnc1)OC1CCC1. The second-order valence-electron chi connectivity index (χ2n) is 3.90. The third kappa shape index (κ3) is 3.05. The summed E-state index contributed by atoms with van der Waals surface area (Å²) in [6.07, 6.45) is 8.18. The van der Waals surface area contributed by atoms with Crippen LogP contribution in [0.5, 0.6) is 0 Å². The van der Waals surface area contributed by atoms with Crippen LogP contribution in [0, 0.1) is 0 Å². The van der Waals surface area contributed by atoms with Crippen molar-refractivity contribution in [2.75, 3.05) is 0 Å². The Morgan fingerprint density at radius 1 is 1.53 bits per heavy atom. The molecule has 0 aliphatic heterocycles. The van der Waals surface area contributed by atoms with Gasteiger partial charge in [0.15, 0.2) is 0 Å². The van der Waals surface area contributed by atoms with Crippen molar-refractivity contribution in [1.82, 2.24) is 4.98 Å². The van der Waals surface area contributed by atoms with E-state index in [9.17, 15) is 4.79 Å². The quantitative estimate of drug-likeness (QED) is 0.707. The highest BCUT2D eigenvalue weighted by Crippen LogP contribution is 2.22. The van der Waals surface area contributed by atoms with Crippen LogP contribution in [0.15, 0.2) is 24.5 Å². The van der Waals surface area contributed by atoms with Gasteiger partial charge >= 0.3 is 5.97 Å². The third-order valence-corrected chi connectivity index (χ3v) is 2.69. The van der Waals surface area contributed by atoms with Gasteiger partial charge in [0.1, 0.15) is 6.10 Å². The Kier molecular flexibility index (Phi) is 3.33. The van der Waals surface area contributed by atoms with E-state index in [1.54, 1.807) is 12.4 Å². The maximum Gasteiger partial charge on any atom is 0.306 e. The van der Waals surface area contributed by atoms with Gasteiger partial charge in [0.05, 0.1) is 0 Å². The van der Waals surface area contributed by atoms with Crippen LogP contribution in [-0.2, 0) is 16.0 Å². The first kappa shape index (κ1) is 10.1. The van der Waals surface area contributed by atoms with Gasteiger partial charge in [0, 0.05) is 18.8 Å². The number of aryl methyl sites for hydroxylation is 1. The summed E-state index contributed by atoms with van der Waals surface area (Å²) in [6, 6.07) is 3.86. The smallest absolute Gasteiger partial charge is 0.306 e. The Morgan fingerprint density at radius 3 is 3.00 bits per heavy atom. The lowest BCUT2D eigenvalue weighted by Gasteiger charge is -2.25. The molecule has 80 valence electrons. The van der Waals surface area contributed by atoms with Gasteiger partial charge in [-0.2, -0.15) is 0 Å². The number of nitrogens with zero attached hydrogens (tertiary/aromatic N) is 1. The Bertz CT molecular complexity index is 320. The second kappa shape index (κ2) is 4.91. The molecule has 1 aliphatic rings. The minimum absolute atomic E-state index is 0.0800. The Hall–Kier alpha value is -1.38. The molecule has 3 nitrogen and oxygen atoms in total. The van der Waals surface area contributed by atoms with E-state index in [1.807, 2.05) is 12.1 Å². The number of pyridine rings is 1. The predicted molar refractivity (Wildman–Crippen MR) is 56.3 cm³/mol. The molecule has 0 aromatic carbocycles. The van der Waals surface area contributed by atoms with E-state index >= 15 is 0 Å². The number of rotatable bonds is 4. The molecule has 2 rings (SSSR count). The molecule has 1 fully saturated rings. The van der Waals surface area contributed by atoms with E-state index < -0.39 is 0 Å². The van der Waals surface area contributed by atoms with Crippen LogP contribution >= 0.6 is 0 Å². The molecule has 0 amide bonds. The van der Waals surface area contributed by atoms with Crippen molar-refractivity contribution < 1.29 is 9.53 Å². The topological polar surface area (TPSA) is 39.2 Å². The summed E-state index contributed by atoms with van der Waals surface area (Å²) < 4.78 is 5.25. The minimum atomic E-state index is -0.0800. The highest BCUT2D eigenvalue weighted by Gasteiger charge is 2.21. The van der Waals surface area contributed by atoms with Crippen LogP contribution in [-0.4, -0.2) is 17.1 Å². The molecule has 1 aliphatic carbocycles. The molecular formula is C12H15NO2. The standard InChI is InChI=1S/C12H15NO2/c14-12(15-11-4-1-5-11)7-6-10-3-2-8-13-9-10/h2-3,8-9,11H,1,4-7H2. The zero-order valence-electron chi connectivity index (χ0n) is 8.69. The van der Waals surface area contributed by atoms with Crippen molar-refractivity contribution in [3.8, 4) is 0 Å². The highest BCUT2D eigenvalue weighted by molar-refractivity contribution is 5.70. The third-order valence-electron chi connectivity index (χ3n) is 2.69. The average Bonchev–Trinajstić information content (AvgIpc) is 2.22. The summed E-state index contributed by atoms with van der Waals surface area (Å²) in [7, 11) is 0. The Morgan fingerprint density at radius 2 is 2.40 bits per heavy atom. The molecule has 1 aromatic heterocycles. The summed E-state index contributed by atoms with van der Waals surface area (Å²) >= 11 is 0. The first-order chi connectivity index (χ1) is 7.34. The van der Waals surface area contributed by atoms with Gasteiger partial charge < -0.3 is 4.74 Å². The summed E-state index contributed by atoms with van der Waals surface area (Å²) in [5, 5.41) is 0. The molecule has 3 heteroatoms. The molecule has 15 heavy (non-hydrogen) atoms. The second-order valence-corrected chi connectivity index (χ2v) is 3.90. The van der Waals surface area contributed by atoms with Crippen molar-refractivity contribution in [2.45, 2.75) is 38.2 Å². The number of aromatic nitrogens is 1. The van der Waals surface area contributed by atoms with Crippen LogP contribution in [0.2, 0.25) is 0 Å². The number of hydrogen-bond acceptors (Lipinski definition) is 3. The number of esters is 1. The van der Waals surface area contributed by atoms with Crippen molar-refractivity contribution >= 4 is 5.97 Å². The van der Waals surface area contributed by atoms with Crippen LogP contribution < -0.4 is 0 Å². The van der Waals surface area contributed by atoms with E-state index in [0.29, 0.717) is 6.42 Å². The van der Waals surface area contributed by atoms with Crippen molar-refractivity contribution in [3.05, 3.63) is 30.1 Å². The van der Waals surface area contributed by atoms with Gasteiger partial charge in [0.25, 0.3) is 0 Å². The Balaban J connectivity index is 1.71. The summed E-state index contributed by atoms with van der Waals surface area (Å²) in [5.41, 5.74) is 1.09. The number of carbonyl (C=O) groups excluding carboxylic acids is 1. The zero-order valence-corrected chi connectivity index (χ0v) is 8.69. The lowest BCUT2D eigenvalue weighted by Crippen LogP contribution is -2.25. The number of ether oxygens (including phenoxy) is 1. The first-order valence-electron chi connectivity index (χ1n) is 5.43. The maximum absolute atomic E-state index is 11.4. The van der Waals surface area contributed by atoms with Gasteiger partial charge in [-0.1, -0.05) is 6.07 Å². The van der Waals surface area contributed by atoms with E-state index in [4.69, 9.17) is 4.74 Å². The fourth-order valence-electron chi connectivity index (χ4n) is 1.53. The molecule has 0 radical (unpaired) electrons. The zero-order chi connectivity index (χ0) is 10.5. The van der Waals surface area contributed by atoms with Crippen LogP contribution in [0.4, 0.5) is 0 Å². The molecule has 0 bridgehead atoms. The van der Waals surface area contributed by atoms with Gasteiger partial charge in [-0.05, 0) is 37.3 Å². The van der Waals surface area contributed by atoms with E-state index in [0.717, 1.165) is 24.8 Å². The first-order valence-corrected chi connectivity index (χ1v) is 5.43. The molecule has 0 unspecified atom stereocenters. The molecule has 0 spiro atoms.